The Bertz CT molecular complexity index is 443. The average molecular weight is 324 g/mol. The first-order chi connectivity index (χ1) is 5.82. The van der Waals surface area contributed by atoms with E-state index in [0.717, 1.165) is 0 Å². The Balaban J connectivity index is 3.50. The standard InChI is InChI=1S/C6H2BrCl3O2S/c7-13(11,12)6-2-4(9)3(8)1-5(6)10/h1-2H. The summed E-state index contributed by atoms with van der Waals surface area (Å²) >= 11 is 19.3. The Morgan fingerprint density at radius 3 is 1.92 bits per heavy atom. The van der Waals surface area contributed by atoms with Crippen LogP contribution in [0.1, 0.15) is 0 Å². The lowest BCUT2D eigenvalue weighted by atomic mass is 10.4. The van der Waals surface area contributed by atoms with Gasteiger partial charge in [-0.2, -0.15) is 0 Å². The quantitative estimate of drug-likeness (QED) is 0.583. The van der Waals surface area contributed by atoms with Crippen molar-refractivity contribution in [1.82, 2.24) is 0 Å². The van der Waals surface area contributed by atoms with Gasteiger partial charge in [-0.1, -0.05) is 34.8 Å². The van der Waals surface area contributed by atoms with Gasteiger partial charge in [0.1, 0.15) is 0 Å². The predicted molar refractivity (Wildman–Crippen MR) is 57.6 cm³/mol. The van der Waals surface area contributed by atoms with E-state index < -0.39 is 8.27 Å². The van der Waals surface area contributed by atoms with E-state index in [1.165, 1.54) is 12.1 Å². The largest absolute Gasteiger partial charge is 0.239 e. The van der Waals surface area contributed by atoms with Gasteiger partial charge in [-0.3, -0.25) is 0 Å². The van der Waals surface area contributed by atoms with E-state index in [2.05, 4.69) is 14.8 Å². The molecule has 72 valence electrons. The fourth-order valence-corrected chi connectivity index (χ4v) is 3.24. The number of hydrogen-bond donors (Lipinski definition) is 0. The lowest BCUT2D eigenvalue weighted by molar-refractivity contribution is 0.611. The van der Waals surface area contributed by atoms with E-state index in [4.69, 9.17) is 34.8 Å². The molecule has 0 fully saturated rings. The second kappa shape index (κ2) is 3.95. The maximum atomic E-state index is 11.0. The third kappa shape index (κ3) is 2.73. The third-order valence-electron chi connectivity index (χ3n) is 1.24. The van der Waals surface area contributed by atoms with Gasteiger partial charge in [0.05, 0.1) is 34.8 Å². The third-order valence-corrected chi connectivity index (χ3v) is 4.29. The number of rotatable bonds is 1. The van der Waals surface area contributed by atoms with E-state index in [0.29, 0.717) is 0 Å². The molecule has 0 spiro atoms. The topological polar surface area (TPSA) is 34.1 Å². The van der Waals surface area contributed by atoms with Crippen molar-refractivity contribution in [1.29, 1.82) is 0 Å². The first kappa shape index (κ1) is 11.6. The summed E-state index contributed by atoms with van der Waals surface area (Å²) in [5.74, 6) is 0. The monoisotopic (exact) mass is 322 g/mol. The van der Waals surface area contributed by atoms with Crippen molar-refractivity contribution >= 4 is 57.9 Å². The minimum atomic E-state index is -3.54. The second-order valence-electron chi connectivity index (χ2n) is 2.13. The van der Waals surface area contributed by atoms with Gasteiger partial charge < -0.3 is 0 Å². The van der Waals surface area contributed by atoms with Crippen molar-refractivity contribution in [3.63, 3.8) is 0 Å². The SMILES string of the molecule is O=S(=O)(Br)c1cc(Cl)c(Cl)cc1Cl. The van der Waals surface area contributed by atoms with Crippen LogP contribution in [0, 0.1) is 0 Å². The fraction of sp³-hybridized carbons (Fsp3) is 0. The smallest absolute Gasteiger partial charge is 0.212 e. The average Bonchev–Trinajstić information content (AvgIpc) is 1.94. The minimum Gasteiger partial charge on any atom is -0.212 e. The molecule has 0 radical (unpaired) electrons. The summed E-state index contributed by atoms with van der Waals surface area (Å²) in [6, 6.07) is 2.47. The first-order valence-corrected chi connectivity index (χ1v) is 7.37. The zero-order valence-electron chi connectivity index (χ0n) is 5.89. The predicted octanol–water partition coefficient (Wildman–Crippen LogP) is 3.73. The Morgan fingerprint density at radius 2 is 1.46 bits per heavy atom. The van der Waals surface area contributed by atoms with Crippen molar-refractivity contribution < 1.29 is 8.42 Å². The molecule has 0 heterocycles. The Labute approximate surface area is 97.9 Å². The minimum absolute atomic E-state index is 0.0336. The normalized spacial score (nSPS) is 11.7. The van der Waals surface area contributed by atoms with E-state index in [1.54, 1.807) is 0 Å². The molecule has 0 amide bonds. The van der Waals surface area contributed by atoms with Crippen LogP contribution in [0.2, 0.25) is 15.1 Å². The van der Waals surface area contributed by atoms with Crippen LogP contribution in [0.25, 0.3) is 0 Å². The highest BCUT2D eigenvalue weighted by Crippen LogP contribution is 2.33. The number of halogens is 4. The van der Waals surface area contributed by atoms with Crippen LogP contribution >= 0.6 is 49.6 Å². The van der Waals surface area contributed by atoms with Crippen molar-refractivity contribution in [3.8, 4) is 0 Å². The summed E-state index contributed by atoms with van der Waals surface area (Å²) < 4.78 is 22.1. The highest BCUT2D eigenvalue weighted by atomic mass is 79.9. The first-order valence-electron chi connectivity index (χ1n) is 2.91. The molecule has 0 bridgehead atoms. The lowest BCUT2D eigenvalue weighted by Crippen LogP contribution is -1.91. The van der Waals surface area contributed by atoms with Crippen LogP contribution in [0.4, 0.5) is 0 Å². The van der Waals surface area contributed by atoms with Crippen molar-refractivity contribution in [2.75, 3.05) is 0 Å². The van der Waals surface area contributed by atoms with E-state index in [-0.39, 0.29) is 20.0 Å². The highest BCUT2D eigenvalue weighted by molar-refractivity contribution is 9.47. The summed E-state index contributed by atoms with van der Waals surface area (Å²) in [7, 11) is -3.54. The van der Waals surface area contributed by atoms with Crippen LogP contribution in [-0.4, -0.2) is 8.42 Å². The number of hydrogen-bond acceptors (Lipinski definition) is 2. The molecule has 1 aromatic carbocycles. The fourth-order valence-electron chi connectivity index (χ4n) is 0.691. The van der Waals surface area contributed by atoms with Crippen LogP contribution in [0.3, 0.4) is 0 Å². The molecule has 0 saturated carbocycles. The van der Waals surface area contributed by atoms with Gasteiger partial charge in [0.15, 0.2) is 0 Å². The molecule has 0 aliphatic rings. The molecule has 0 unspecified atom stereocenters. The second-order valence-corrected chi connectivity index (χ2v) is 7.23. The molecular formula is C6H2BrCl3O2S. The van der Waals surface area contributed by atoms with Gasteiger partial charge in [-0.05, 0) is 12.1 Å². The summed E-state index contributed by atoms with van der Waals surface area (Å²) in [5.41, 5.74) is 0. The van der Waals surface area contributed by atoms with Crippen LogP contribution in [0.15, 0.2) is 17.0 Å². The zero-order valence-corrected chi connectivity index (χ0v) is 10.6. The van der Waals surface area contributed by atoms with Gasteiger partial charge in [0.25, 0.3) is 0 Å². The van der Waals surface area contributed by atoms with Gasteiger partial charge in [-0.25, -0.2) is 8.42 Å². The van der Waals surface area contributed by atoms with Crippen molar-refractivity contribution in [3.05, 3.63) is 27.2 Å². The van der Waals surface area contributed by atoms with Crippen LogP contribution in [0.5, 0.6) is 0 Å². The van der Waals surface area contributed by atoms with Crippen LogP contribution < -0.4 is 0 Å². The molecule has 0 aromatic heterocycles. The molecule has 0 atom stereocenters. The summed E-state index contributed by atoms with van der Waals surface area (Å²) in [6.45, 7) is 0. The molecule has 1 aromatic rings. The zero-order chi connectivity index (χ0) is 10.2. The van der Waals surface area contributed by atoms with Gasteiger partial charge in [0, 0.05) is 0 Å². The molecule has 0 aliphatic heterocycles. The van der Waals surface area contributed by atoms with Crippen molar-refractivity contribution in [2.45, 2.75) is 4.90 Å². The Morgan fingerprint density at radius 1 is 1.00 bits per heavy atom. The van der Waals surface area contributed by atoms with Gasteiger partial charge >= 0.3 is 0 Å². The molecule has 7 heteroatoms. The molecule has 13 heavy (non-hydrogen) atoms. The van der Waals surface area contributed by atoms with Crippen LogP contribution in [-0.2, 0) is 8.27 Å². The van der Waals surface area contributed by atoms with Gasteiger partial charge in [-0.15, -0.1) is 0 Å². The Kier molecular flexibility index (Phi) is 3.52. The number of benzene rings is 1. The Hall–Kier alpha value is 0.520. The molecule has 2 nitrogen and oxygen atoms in total. The highest BCUT2D eigenvalue weighted by Gasteiger charge is 2.16. The summed E-state index contributed by atoms with van der Waals surface area (Å²) in [4.78, 5) is -0.0939. The van der Waals surface area contributed by atoms with E-state index in [1.807, 2.05) is 0 Å². The molecule has 0 aliphatic carbocycles. The summed E-state index contributed by atoms with van der Waals surface area (Å²) in [5, 5.41) is 0.391. The van der Waals surface area contributed by atoms with E-state index >= 15 is 0 Å². The maximum absolute atomic E-state index is 11.0. The van der Waals surface area contributed by atoms with Gasteiger partial charge in [0.2, 0.25) is 8.27 Å². The molecule has 1 rings (SSSR count). The van der Waals surface area contributed by atoms with E-state index in [9.17, 15) is 8.42 Å². The lowest BCUT2D eigenvalue weighted by Gasteiger charge is -2.02. The molecular weight excluding hydrogens is 322 g/mol. The maximum Gasteiger partial charge on any atom is 0.239 e. The summed E-state index contributed by atoms with van der Waals surface area (Å²) in [6.07, 6.45) is 0. The molecule has 0 N–H and O–H groups in total. The van der Waals surface area contributed by atoms with Crippen molar-refractivity contribution in [2.24, 2.45) is 0 Å². The molecule has 0 saturated heterocycles.